The first-order chi connectivity index (χ1) is 9.22. The molecule has 98 valence electrons. The highest BCUT2D eigenvalue weighted by Crippen LogP contribution is 2.37. The van der Waals surface area contributed by atoms with Gasteiger partial charge in [0.25, 0.3) is 5.56 Å². The van der Waals surface area contributed by atoms with Gasteiger partial charge in [-0.2, -0.15) is 0 Å². The molecule has 3 rings (SSSR count). The summed E-state index contributed by atoms with van der Waals surface area (Å²) < 4.78 is 0. The Morgan fingerprint density at radius 3 is 2.95 bits per heavy atom. The molecule has 1 aliphatic rings. The Bertz CT molecular complexity index is 619. The van der Waals surface area contributed by atoms with Gasteiger partial charge in [-0.05, 0) is 31.9 Å². The Morgan fingerprint density at radius 2 is 2.26 bits per heavy atom. The zero-order chi connectivity index (χ0) is 13.2. The molecule has 19 heavy (non-hydrogen) atoms. The molecule has 1 unspecified atom stereocenters. The van der Waals surface area contributed by atoms with Crippen LogP contribution >= 0.6 is 0 Å². The van der Waals surface area contributed by atoms with Crippen LogP contribution in [0.15, 0.2) is 35.3 Å². The second kappa shape index (κ2) is 4.84. The summed E-state index contributed by atoms with van der Waals surface area (Å²) in [5.41, 5.74) is 0.824. The summed E-state index contributed by atoms with van der Waals surface area (Å²) in [4.78, 5) is 23.2. The first-order valence-electron chi connectivity index (χ1n) is 6.51. The van der Waals surface area contributed by atoms with Gasteiger partial charge in [0.05, 0.1) is 11.7 Å². The number of hydrogen-bond donors (Lipinski definition) is 2. The van der Waals surface area contributed by atoms with Crippen LogP contribution < -0.4 is 10.9 Å². The van der Waals surface area contributed by atoms with Crippen molar-refractivity contribution >= 4 is 5.82 Å². The minimum Gasteiger partial charge on any atom is -0.362 e. The fourth-order valence-corrected chi connectivity index (χ4v) is 2.03. The summed E-state index contributed by atoms with van der Waals surface area (Å²) in [6, 6.07) is 7.29. The van der Waals surface area contributed by atoms with E-state index in [1.54, 1.807) is 6.20 Å². The highest BCUT2D eigenvalue weighted by Gasteiger charge is 2.26. The number of aromatic nitrogens is 3. The van der Waals surface area contributed by atoms with Crippen molar-refractivity contribution in [2.24, 2.45) is 0 Å². The molecule has 5 nitrogen and oxygen atoms in total. The van der Waals surface area contributed by atoms with Crippen LogP contribution in [0.2, 0.25) is 0 Å². The van der Waals surface area contributed by atoms with Crippen molar-refractivity contribution in [2.45, 2.75) is 31.7 Å². The van der Waals surface area contributed by atoms with Gasteiger partial charge in [0, 0.05) is 18.2 Å². The van der Waals surface area contributed by atoms with Gasteiger partial charge in [-0.1, -0.05) is 6.07 Å². The summed E-state index contributed by atoms with van der Waals surface area (Å²) in [7, 11) is 0. The molecule has 5 heteroatoms. The number of nitrogens with one attached hydrogen (secondary N) is 2. The monoisotopic (exact) mass is 256 g/mol. The van der Waals surface area contributed by atoms with E-state index in [4.69, 9.17) is 0 Å². The molecular formula is C14H16N4O. The molecule has 1 saturated carbocycles. The molecule has 0 radical (unpaired) electrons. The fraction of sp³-hybridized carbons (Fsp3) is 0.357. The topological polar surface area (TPSA) is 70.7 Å². The van der Waals surface area contributed by atoms with Gasteiger partial charge >= 0.3 is 0 Å². The number of H-pyrrole nitrogens is 1. The zero-order valence-electron chi connectivity index (χ0n) is 10.8. The Balaban J connectivity index is 1.81. The summed E-state index contributed by atoms with van der Waals surface area (Å²) in [5.74, 6) is 1.84. The van der Waals surface area contributed by atoms with Crippen molar-refractivity contribution in [1.29, 1.82) is 0 Å². The van der Waals surface area contributed by atoms with Crippen LogP contribution in [-0.4, -0.2) is 15.0 Å². The average molecular weight is 256 g/mol. The van der Waals surface area contributed by atoms with Crippen molar-refractivity contribution in [3.63, 3.8) is 0 Å². The maximum absolute atomic E-state index is 11.6. The summed E-state index contributed by atoms with van der Waals surface area (Å²) in [5, 5.41) is 3.23. The average Bonchev–Trinajstić information content (AvgIpc) is 3.23. The summed E-state index contributed by atoms with van der Waals surface area (Å²) in [6.07, 6.45) is 3.98. The van der Waals surface area contributed by atoms with E-state index in [1.807, 2.05) is 25.1 Å². The predicted molar refractivity (Wildman–Crippen MR) is 73.1 cm³/mol. The Labute approximate surface area is 111 Å². The predicted octanol–water partition coefficient (Wildman–Crippen LogP) is 2.22. The summed E-state index contributed by atoms with van der Waals surface area (Å²) in [6.45, 7) is 2.00. The first kappa shape index (κ1) is 11.9. The van der Waals surface area contributed by atoms with E-state index in [1.165, 1.54) is 6.07 Å². The Hall–Kier alpha value is -2.17. The van der Waals surface area contributed by atoms with Gasteiger partial charge in [0.15, 0.2) is 0 Å². The van der Waals surface area contributed by atoms with Crippen molar-refractivity contribution < 1.29 is 0 Å². The van der Waals surface area contributed by atoms with Crippen LogP contribution in [0.5, 0.6) is 0 Å². The molecule has 0 amide bonds. The number of rotatable bonds is 4. The van der Waals surface area contributed by atoms with Gasteiger partial charge in [0.2, 0.25) is 0 Å². The SMILES string of the molecule is CC(Nc1cc(=O)[nH]c(C2CC2)n1)c1ccccn1. The smallest absolute Gasteiger partial charge is 0.252 e. The van der Waals surface area contributed by atoms with Gasteiger partial charge in [-0.25, -0.2) is 4.98 Å². The summed E-state index contributed by atoms with van der Waals surface area (Å²) >= 11 is 0. The van der Waals surface area contributed by atoms with Crippen molar-refractivity contribution in [3.05, 3.63) is 52.3 Å². The third-order valence-corrected chi connectivity index (χ3v) is 3.22. The lowest BCUT2D eigenvalue weighted by atomic mass is 10.2. The molecule has 0 aromatic carbocycles. The van der Waals surface area contributed by atoms with Crippen LogP contribution in [0.3, 0.4) is 0 Å². The van der Waals surface area contributed by atoms with E-state index in [9.17, 15) is 4.79 Å². The van der Waals surface area contributed by atoms with Crippen molar-refractivity contribution in [1.82, 2.24) is 15.0 Å². The molecule has 0 bridgehead atoms. The van der Waals surface area contributed by atoms with Crippen LogP contribution in [0.25, 0.3) is 0 Å². The quantitative estimate of drug-likeness (QED) is 0.880. The van der Waals surface area contributed by atoms with Gasteiger partial charge < -0.3 is 10.3 Å². The normalized spacial score (nSPS) is 16.1. The lowest BCUT2D eigenvalue weighted by Crippen LogP contribution is -2.15. The lowest BCUT2D eigenvalue weighted by Gasteiger charge is -2.14. The maximum Gasteiger partial charge on any atom is 0.252 e. The Kier molecular flexibility index (Phi) is 3.03. The Morgan fingerprint density at radius 1 is 1.42 bits per heavy atom. The van der Waals surface area contributed by atoms with Crippen LogP contribution in [0.4, 0.5) is 5.82 Å². The molecule has 2 aromatic rings. The highest BCUT2D eigenvalue weighted by molar-refractivity contribution is 5.36. The first-order valence-corrected chi connectivity index (χ1v) is 6.51. The second-order valence-electron chi connectivity index (χ2n) is 4.91. The molecule has 2 aromatic heterocycles. The second-order valence-corrected chi connectivity index (χ2v) is 4.91. The van der Waals surface area contributed by atoms with Gasteiger partial charge in [0.1, 0.15) is 11.6 Å². The lowest BCUT2D eigenvalue weighted by molar-refractivity contribution is 0.818. The van der Waals surface area contributed by atoms with Crippen molar-refractivity contribution in [3.8, 4) is 0 Å². The highest BCUT2D eigenvalue weighted by atomic mass is 16.1. The minimum atomic E-state index is -0.104. The third-order valence-electron chi connectivity index (χ3n) is 3.22. The number of nitrogens with zero attached hydrogens (tertiary/aromatic N) is 2. The van der Waals surface area contributed by atoms with E-state index in [-0.39, 0.29) is 11.6 Å². The molecular weight excluding hydrogens is 240 g/mol. The van der Waals surface area contributed by atoms with Crippen LogP contribution in [0, 0.1) is 0 Å². The zero-order valence-corrected chi connectivity index (χ0v) is 10.8. The molecule has 0 aliphatic heterocycles. The molecule has 2 N–H and O–H groups in total. The van der Waals surface area contributed by atoms with Crippen LogP contribution in [-0.2, 0) is 0 Å². The molecule has 1 atom stereocenters. The number of pyridine rings is 1. The fourth-order valence-electron chi connectivity index (χ4n) is 2.03. The maximum atomic E-state index is 11.6. The van der Waals surface area contributed by atoms with Crippen LogP contribution in [0.1, 0.15) is 43.2 Å². The van der Waals surface area contributed by atoms with Gasteiger partial charge in [-0.15, -0.1) is 0 Å². The molecule has 0 saturated heterocycles. The van der Waals surface area contributed by atoms with E-state index >= 15 is 0 Å². The van der Waals surface area contributed by atoms with Gasteiger partial charge in [-0.3, -0.25) is 9.78 Å². The molecule has 1 aliphatic carbocycles. The minimum absolute atomic E-state index is 0.0163. The van der Waals surface area contributed by atoms with E-state index in [0.717, 1.165) is 24.4 Å². The van der Waals surface area contributed by atoms with E-state index in [2.05, 4.69) is 20.3 Å². The third kappa shape index (κ3) is 2.81. The standard InChI is InChI=1S/C14H16N4O/c1-9(11-4-2-3-7-15-11)16-12-8-13(19)18-14(17-12)10-5-6-10/h2-4,7-10H,5-6H2,1H3,(H2,16,17,18,19). The largest absolute Gasteiger partial charge is 0.362 e. The number of aromatic amines is 1. The van der Waals surface area contributed by atoms with E-state index < -0.39 is 0 Å². The molecule has 1 fully saturated rings. The van der Waals surface area contributed by atoms with Crippen molar-refractivity contribution in [2.75, 3.05) is 5.32 Å². The number of hydrogen-bond acceptors (Lipinski definition) is 4. The molecule has 2 heterocycles. The number of anilines is 1. The van der Waals surface area contributed by atoms with E-state index in [0.29, 0.717) is 11.7 Å². The molecule has 0 spiro atoms.